The van der Waals surface area contributed by atoms with Crippen LogP contribution in [0.2, 0.25) is 5.02 Å². The van der Waals surface area contributed by atoms with Crippen molar-refractivity contribution in [2.24, 2.45) is 0 Å². The first kappa shape index (κ1) is 10.9. The number of nitrogens with one attached hydrogen (secondary N) is 1. The van der Waals surface area contributed by atoms with Gasteiger partial charge >= 0.3 is 0 Å². The minimum atomic E-state index is 0.216. The summed E-state index contributed by atoms with van der Waals surface area (Å²) in [4.78, 5) is 0. The van der Waals surface area contributed by atoms with Gasteiger partial charge in [0, 0.05) is 17.6 Å². The van der Waals surface area contributed by atoms with Gasteiger partial charge in [0.05, 0.1) is 6.61 Å². The van der Waals surface area contributed by atoms with Crippen molar-refractivity contribution in [2.45, 2.75) is 24.8 Å². The summed E-state index contributed by atoms with van der Waals surface area (Å²) in [5.74, 6) is 0.592. The highest BCUT2D eigenvalue weighted by Crippen LogP contribution is 2.39. The lowest BCUT2D eigenvalue weighted by Crippen LogP contribution is -2.41. The van der Waals surface area contributed by atoms with Crippen molar-refractivity contribution in [1.29, 1.82) is 0 Å². The van der Waals surface area contributed by atoms with Crippen LogP contribution in [-0.4, -0.2) is 24.3 Å². The van der Waals surface area contributed by atoms with Crippen molar-refractivity contribution in [3.05, 3.63) is 34.9 Å². The average molecular weight is 226 g/mol. The molecule has 2 rings (SSSR count). The summed E-state index contributed by atoms with van der Waals surface area (Å²) < 4.78 is 0. The third-order valence-corrected chi connectivity index (χ3v) is 3.37. The van der Waals surface area contributed by atoms with E-state index in [1.165, 1.54) is 5.56 Å². The van der Waals surface area contributed by atoms with Gasteiger partial charge < -0.3 is 10.4 Å². The second-order valence-corrected chi connectivity index (χ2v) is 4.47. The maximum Gasteiger partial charge on any atom is 0.0556 e. The number of hydrogen-bond acceptors (Lipinski definition) is 2. The first-order valence-corrected chi connectivity index (χ1v) is 5.77. The van der Waals surface area contributed by atoms with Gasteiger partial charge in [0.1, 0.15) is 0 Å². The van der Waals surface area contributed by atoms with Crippen LogP contribution < -0.4 is 5.32 Å². The third kappa shape index (κ3) is 2.51. The molecule has 0 spiro atoms. The number of hydrogen-bond donors (Lipinski definition) is 2. The summed E-state index contributed by atoms with van der Waals surface area (Å²) in [6.07, 6.45) is 2.26. The van der Waals surface area contributed by atoms with Crippen LogP contribution in [0.3, 0.4) is 0 Å². The molecule has 3 heteroatoms. The second-order valence-electron chi connectivity index (χ2n) is 4.06. The molecular weight excluding hydrogens is 210 g/mol. The van der Waals surface area contributed by atoms with Crippen molar-refractivity contribution in [3.8, 4) is 0 Å². The molecule has 0 unspecified atom stereocenters. The van der Waals surface area contributed by atoms with Gasteiger partial charge in [-0.3, -0.25) is 0 Å². The Kier molecular flexibility index (Phi) is 3.62. The summed E-state index contributed by atoms with van der Waals surface area (Å²) in [5.41, 5.74) is 1.27. The molecule has 2 nitrogen and oxygen atoms in total. The van der Waals surface area contributed by atoms with Crippen molar-refractivity contribution in [1.82, 2.24) is 5.32 Å². The molecule has 0 bridgehead atoms. The van der Waals surface area contributed by atoms with Crippen LogP contribution in [0.4, 0.5) is 0 Å². The first-order chi connectivity index (χ1) is 7.31. The summed E-state index contributed by atoms with van der Waals surface area (Å²) >= 11 is 6.12. The highest BCUT2D eigenvalue weighted by atomic mass is 35.5. The van der Waals surface area contributed by atoms with E-state index >= 15 is 0 Å². The predicted octanol–water partition coefficient (Wildman–Crippen LogP) is 2.17. The molecule has 1 saturated carbocycles. The van der Waals surface area contributed by atoms with Crippen molar-refractivity contribution >= 4 is 11.6 Å². The van der Waals surface area contributed by atoms with Crippen molar-refractivity contribution in [2.75, 3.05) is 13.2 Å². The van der Waals surface area contributed by atoms with E-state index in [2.05, 4.69) is 11.4 Å². The lowest BCUT2D eigenvalue weighted by Gasteiger charge is -2.36. The van der Waals surface area contributed by atoms with Gasteiger partial charge in [-0.1, -0.05) is 29.8 Å². The summed E-state index contributed by atoms with van der Waals surface area (Å²) in [5, 5.41) is 12.9. The maximum absolute atomic E-state index is 8.68. The molecule has 0 amide bonds. The molecule has 1 aromatic rings. The average Bonchev–Trinajstić information content (AvgIpc) is 2.18. The van der Waals surface area contributed by atoms with Gasteiger partial charge in [0.25, 0.3) is 0 Å². The van der Waals surface area contributed by atoms with E-state index in [0.29, 0.717) is 18.5 Å². The SMILES string of the molecule is OCCNC1CC(c2ccccc2Cl)C1. The summed E-state index contributed by atoms with van der Waals surface area (Å²) in [7, 11) is 0. The fourth-order valence-electron chi connectivity index (χ4n) is 2.11. The van der Waals surface area contributed by atoms with E-state index in [4.69, 9.17) is 16.7 Å². The molecule has 1 aliphatic rings. The Bertz CT molecular complexity index is 323. The van der Waals surface area contributed by atoms with Crippen LogP contribution in [0.25, 0.3) is 0 Å². The van der Waals surface area contributed by atoms with E-state index in [0.717, 1.165) is 17.9 Å². The van der Waals surface area contributed by atoms with Crippen LogP contribution in [-0.2, 0) is 0 Å². The molecule has 0 radical (unpaired) electrons. The van der Waals surface area contributed by atoms with Crippen LogP contribution in [0, 0.1) is 0 Å². The Labute approximate surface area is 95.3 Å². The van der Waals surface area contributed by atoms with Crippen molar-refractivity contribution in [3.63, 3.8) is 0 Å². The molecular formula is C12H16ClNO. The predicted molar refractivity (Wildman–Crippen MR) is 62.3 cm³/mol. The second kappa shape index (κ2) is 4.97. The molecule has 0 aromatic heterocycles. The topological polar surface area (TPSA) is 32.3 Å². The normalized spacial score (nSPS) is 24.9. The van der Waals surface area contributed by atoms with Crippen LogP contribution in [0.5, 0.6) is 0 Å². The lowest BCUT2D eigenvalue weighted by molar-refractivity contribution is 0.244. The molecule has 2 N–H and O–H groups in total. The molecule has 1 aromatic carbocycles. The van der Waals surface area contributed by atoms with Gasteiger partial charge in [-0.05, 0) is 30.4 Å². The standard InChI is InChI=1S/C12H16ClNO/c13-12-4-2-1-3-11(12)9-7-10(8-9)14-5-6-15/h1-4,9-10,14-15H,5-8H2. The monoisotopic (exact) mass is 225 g/mol. The zero-order chi connectivity index (χ0) is 10.7. The fourth-order valence-corrected chi connectivity index (χ4v) is 2.40. The number of rotatable bonds is 4. The number of aliphatic hydroxyl groups excluding tert-OH is 1. The Morgan fingerprint density at radius 1 is 1.33 bits per heavy atom. The largest absolute Gasteiger partial charge is 0.395 e. The lowest BCUT2D eigenvalue weighted by atomic mass is 9.76. The van der Waals surface area contributed by atoms with E-state index in [-0.39, 0.29) is 6.61 Å². The van der Waals surface area contributed by atoms with Gasteiger partial charge in [0.15, 0.2) is 0 Å². The highest BCUT2D eigenvalue weighted by molar-refractivity contribution is 6.31. The number of aliphatic hydroxyl groups is 1. The summed E-state index contributed by atoms with van der Waals surface area (Å²) in [6.45, 7) is 0.910. The molecule has 0 atom stereocenters. The number of benzene rings is 1. The van der Waals surface area contributed by atoms with Crippen LogP contribution >= 0.6 is 11.6 Å². The molecule has 15 heavy (non-hydrogen) atoms. The van der Waals surface area contributed by atoms with Gasteiger partial charge in [-0.25, -0.2) is 0 Å². The van der Waals surface area contributed by atoms with Gasteiger partial charge in [-0.2, -0.15) is 0 Å². The zero-order valence-corrected chi connectivity index (χ0v) is 9.37. The Morgan fingerprint density at radius 3 is 2.73 bits per heavy atom. The number of halogens is 1. The Balaban J connectivity index is 1.87. The molecule has 1 fully saturated rings. The Morgan fingerprint density at radius 2 is 2.07 bits per heavy atom. The van der Waals surface area contributed by atoms with Crippen LogP contribution in [0.15, 0.2) is 24.3 Å². The minimum Gasteiger partial charge on any atom is -0.395 e. The highest BCUT2D eigenvalue weighted by Gasteiger charge is 2.30. The molecule has 82 valence electrons. The van der Waals surface area contributed by atoms with Crippen LogP contribution in [0.1, 0.15) is 24.3 Å². The minimum absolute atomic E-state index is 0.216. The molecule has 1 aliphatic carbocycles. The molecule has 0 heterocycles. The fraction of sp³-hybridized carbons (Fsp3) is 0.500. The van der Waals surface area contributed by atoms with E-state index in [9.17, 15) is 0 Å². The van der Waals surface area contributed by atoms with E-state index in [1.54, 1.807) is 0 Å². The van der Waals surface area contributed by atoms with Gasteiger partial charge in [-0.15, -0.1) is 0 Å². The first-order valence-electron chi connectivity index (χ1n) is 5.40. The van der Waals surface area contributed by atoms with Gasteiger partial charge in [0.2, 0.25) is 0 Å². The maximum atomic E-state index is 8.68. The van der Waals surface area contributed by atoms with E-state index in [1.807, 2.05) is 18.2 Å². The zero-order valence-electron chi connectivity index (χ0n) is 8.62. The summed E-state index contributed by atoms with van der Waals surface area (Å²) in [6, 6.07) is 8.61. The van der Waals surface area contributed by atoms with E-state index < -0.39 is 0 Å². The van der Waals surface area contributed by atoms with Crippen molar-refractivity contribution < 1.29 is 5.11 Å². The smallest absolute Gasteiger partial charge is 0.0556 e. The Hall–Kier alpha value is -0.570. The molecule has 0 saturated heterocycles. The molecule has 0 aliphatic heterocycles. The third-order valence-electron chi connectivity index (χ3n) is 3.03. The quantitative estimate of drug-likeness (QED) is 0.823.